The third-order valence-electron chi connectivity index (χ3n) is 2.18. The monoisotopic (exact) mass is 245 g/mol. The summed E-state index contributed by atoms with van der Waals surface area (Å²) in [5.41, 5.74) is 0.300. The minimum atomic E-state index is -2.68. The van der Waals surface area contributed by atoms with Gasteiger partial charge in [0.1, 0.15) is 5.75 Å². The molecular weight excluding hydrogens is 232 g/mol. The molecule has 1 aromatic rings. The number of hydrogen-bond donors (Lipinski definition) is 0. The standard InChI is InChI=1S/C11H13F2NO3/c1-6-4-7(11(12)13)10(17-3)8(14-6)5-9(15)16-2/h4,11H,5H2,1-3H3. The molecule has 0 aliphatic carbocycles. The molecule has 94 valence electrons. The molecule has 0 amide bonds. The van der Waals surface area contributed by atoms with E-state index >= 15 is 0 Å². The predicted molar refractivity (Wildman–Crippen MR) is 56.2 cm³/mol. The first-order chi connectivity index (χ1) is 7.99. The smallest absolute Gasteiger partial charge is 0.311 e. The number of pyridine rings is 1. The van der Waals surface area contributed by atoms with E-state index in [0.717, 1.165) is 0 Å². The molecule has 0 aromatic carbocycles. The molecule has 1 aromatic heterocycles. The van der Waals surface area contributed by atoms with Crippen molar-refractivity contribution in [2.24, 2.45) is 0 Å². The van der Waals surface area contributed by atoms with Crippen LogP contribution in [-0.4, -0.2) is 25.2 Å². The van der Waals surface area contributed by atoms with Gasteiger partial charge < -0.3 is 9.47 Å². The molecule has 17 heavy (non-hydrogen) atoms. The van der Waals surface area contributed by atoms with Crippen molar-refractivity contribution in [2.45, 2.75) is 19.8 Å². The van der Waals surface area contributed by atoms with E-state index in [2.05, 4.69) is 9.72 Å². The lowest BCUT2D eigenvalue weighted by molar-refractivity contribution is -0.139. The molecule has 0 aliphatic heterocycles. The van der Waals surface area contributed by atoms with Crippen LogP contribution in [0.25, 0.3) is 0 Å². The summed E-state index contributed by atoms with van der Waals surface area (Å²) in [6, 6.07) is 1.24. The topological polar surface area (TPSA) is 48.4 Å². The van der Waals surface area contributed by atoms with Gasteiger partial charge in [0.25, 0.3) is 6.43 Å². The number of hydrogen-bond acceptors (Lipinski definition) is 4. The summed E-state index contributed by atoms with van der Waals surface area (Å²) >= 11 is 0. The Kier molecular flexibility index (Phi) is 4.37. The highest BCUT2D eigenvalue weighted by Crippen LogP contribution is 2.32. The predicted octanol–water partition coefficient (Wildman–Crippen LogP) is 2.05. The van der Waals surface area contributed by atoms with Crippen molar-refractivity contribution in [3.8, 4) is 5.75 Å². The number of carbonyl (C=O) groups excluding carboxylic acids is 1. The molecule has 0 fully saturated rings. The van der Waals surface area contributed by atoms with E-state index in [-0.39, 0.29) is 23.4 Å². The fraction of sp³-hybridized carbons (Fsp3) is 0.455. The van der Waals surface area contributed by atoms with Crippen molar-refractivity contribution >= 4 is 5.97 Å². The van der Waals surface area contributed by atoms with Gasteiger partial charge >= 0.3 is 5.97 Å². The first-order valence-electron chi connectivity index (χ1n) is 4.89. The zero-order chi connectivity index (χ0) is 13.0. The SMILES string of the molecule is COC(=O)Cc1nc(C)cc(C(F)F)c1OC. The zero-order valence-electron chi connectivity index (χ0n) is 9.79. The van der Waals surface area contributed by atoms with E-state index in [4.69, 9.17) is 4.74 Å². The number of nitrogens with zero attached hydrogens (tertiary/aromatic N) is 1. The Morgan fingerprint density at radius 1 is 1.47 bits per heavy atom. The van der Waals surface area contributed by atoms with Gasteiger partial charge in [-0.25, -0.2) is 8.78 Å². The van der Waals surface area contributed by atoms with Crippen LogP contribution < -0.4 is 4.74 Å². The summed E-state index contributed by atoms with van der Waals surface area (Å²) in [5, 5.41) is 0. The number of ether oxygens (including phenoxy) is 2. The van der Waals surface area contributed by atoms with Gasteiger partial charge in [0.05, 0.1) is 31.9 Å². The molecule has 4 nitrogen and oxygen atoms in total. The molecule has 0 aliphatic rings. The lowest BCUT2D eigenvalue weighted by atomic mass is 10.1. The Bertz CT molecular complexity index is 421. The maximum absolute atomic E-state index is 12.8. The van der Waals surface area contributed by atoms with Crippen LogP contribution in [0.3, 0.4) is 0 Å². The molecule has 0 saturated carbocycles. The number of aromatic nitrogens is 1. The van der Waals surface area contributed by atoms with Crippen LogP contribution >= 0.6 is 0 Å². The maximum Gasteiger partial charge on any atom is 0.311 e. The minimum absolute atomic E-state index is 0.0593. The minimum Gasteiger partial charge on any atom is -0.494 e. The maximum atomic E-state index is 12.8. The summed E-state index contributed by atoms with van der Waals surface area (Å²) in [7, 11) is 2.48. The normalized spacial score (nSPS) is 10.5. The summed E-state index contributed by atoms with van der Waals surface area (Å²) in [4.78, 5) is 15.2. The third-order valence-corrected chi connectivity index (χ3v) is 2.18. The van der Waals surface area contributed by atoms with E-state index < -0.39 is 12.4 Å². The Labute approximate surface area is 97.6 Å². The Balaban J connectivity index is 3.23. The number of halogens is 2. The van der Waals surface area contributed by atoms with Gasteiger partial charge in [0, 0.05) is 5.69 Å². The fourth-order valence-electron chi connectivity index (χ4n) is 1.48. The second-order valence-corrected chi connectivity index (χ2v) is 3.39. The van der Waals surface area contributed by atoms with Crippen LogP contribution in [0.5, 0.6) is 5.75 Å². The number of rotatable bonds is 4. The molecule has 1 rings (SSSR count). The Morgan fingerprint density at radius 3 is 2.59 bits per heavy atom. The highest BCUT2D eigenvalue weighted by atomic mass is 19.3. The summed E-state index contributed by atoms with van der Waals surface area (Å²) in [6.45, 7) is 1.58. The lowest BCUT2D eigenvalue weighted by Crippen LogP contribution is -2.10. The third kappa shape index (κ3) is 3.12. The van der Waals surface area contributed by atoms with Crippen molar-refractivity contribution in [2.75, 3.05) is 14.2 Å². The molecule has 0 radical (unpaired) electrons. The highest BCUT2D eigenvalue weighted by molar-refractivity contribution is 5.73. The van der Waals surface area contributed by atoms with Crippen molar-refractivity contribution in [3.63, 3.8) is 0 Å². The summed E-state index contributed by atoms with van der Waals surface area (Å²) in [6.07, 6.45) is -2.87. The van der Waals surface area contributed by atoms with E-state index in [0.29, 0.717) is 5.69 Å². The van der Waals surface area contributed by atoms with Crippen molar-refractivity contribution in [3.05, 3.63) is 23.0 Å². The largest absolute Gasteiger partial charge is 0.494 e. The number of alkyl halides is 2. The zero-order valence-corrected chi connectivity index (χ0v) is 9.79. The molecule has 1 heterocycles. The molecule has 0 saturated heterocycles. The van der Waals surface area contributed by atoms with E-state index in [1.165, 1.54) is 20.3 Å². The van der Waals surface area contributed by atoms with Crippen LogP contribution in [-0.2, 0) is 16.0 Å². The molecule has 0 bridgehead atoms. The summed E-state index contributed by atoms with van der Waals surface area (Å²) in [5.74, 6) is -0.613. The van der Waals surface area contributed by atoms with Crippen LogP contribution in [0.4, 0.5) is 8.78 Å². The van der Waals surface area contributed by atoms with Crippen LogP contribution in [0.15, 0.2) is 6.07 Å². The van der Waals surface area contributed by atoms with Gasteiger partial charge in [-0.2, -0.15) is 0 Å². The fourth-order valence-corrected chi connectivity index (χ4v) is 1.48. The molecule has 0 unspecified atom stereocenters. The summed E-state index contributed by atoms with van der Waals surface area (Å²) < 4.78 is 34.9. The van der Waals surface area contributed by atoms with Crippen LogP contribution in [0.2, 0.25) is 0 Å². The average Bonchev–Trinajstić information content (AvgIpc) is 2.28. The van der Waals surface area contributed by atoms with Crippen molar-refractivity contribution < 1.29 is 23.0 Å². The number of carbonyl (C=O) groups is 1. The van der Waals surface area contributed by atoms with Gasteiger partial charge in [0.15, 0.2) is 0 Å². The van der Waals surface area contributed by atoms with E-state index in [9.17, 15) is 13.6 Å². The molecule has 0 atom stereocenters. The average molecular weight is 245 g/mol. The Hall–Kier alpha value is -1.72. The number of methoxy groups -OCH3 is 2. The first kappa shape index (κ1) is 13.3. The van der Waals surface area contributed by atoms with Gasteiger partial charge in [-0.15, -0.1) is 0 Å². The van der Waals surface area contributed by atoms with Crippen molar-refractivity contribution in [1.29, 1.82) is 0 Å². The van der Waals surface area contributed by atoms with E-state index in [1.807, 2.05) is 0 Å². The highest BCUT2D eigenvalue weighted by Gasteiger charge is 2.21. The number of aryl methyl sites for hydroxylation is 1. The van der Waals surface area contributed by atoms with Gasteiger partial charge in [-0.3, -0.25) is 9.78 Å². The lowest BCUT2D eigenvalue weighted by Gasteiger charge is -2.12. The van der Waals surface area contributed by atoms with Crippen LogP contribution in [0.1, 0.15) is 23.4 Å². The van der Waals surface area contributed by atoms with E-state index in [1.54, 1.807) is 6.92 Å². The van der Waals surface area contributed by atoms with Crippen molar-refractivity contribution in [1.82, 2.24) is 4.98 Å². The van der Waals surface area contributed by atoms with Gasteiger partial charge in [0.2, 0.25) is 0 Å². The van der Waals surface area contributed by atoms with Gasteiger partial charge in [-0.05, 0) is 13.0 Å². The number of esters is 1. The van der Waals surface area contributed by atoms with Gasteiger partial charge in [-0.1, -0.05) is 0 Å². The Morgan fingerprint density at radius 2 is 2.12 bits per heavy atom. The quantitative estimate of drug-likeness (QED) is 0.762. The molecule has 6 heteroatoms. The first-order valence-corrected chi connectivity index (χ1v) is 4.89. The second-order valence-electron chi connectivity index (χ2n) is 3.39. The second kappa shape index (κ2) is 5.56. The van der Waals surface area contributed by atoms with Crippen LogP contribution in [0, 0.1) is 6.92 Å². The molecule has 0 spiro atoms. The molecule has 0 N–H and O–H groups in total. The molecular formula is C11H13F2NO3.